The Bertz CT molecular complexity index is 705. The second kappa shape index (κ2) is 12.3. The van der Waals surface area contributed by atoms with Crippen LogP contribution in [0.25, 0.3) is 0 Å². The first-order valence-corrected chi connectivity index (χ1v) is 10.1. The zero-order chi connectivity index (χ0) is 19.7. The minimum Gasteiger partial charge on any atom is -1.00 e. The molecule has 0 atom stereocenters. The molecule has 0 aromatic heterocycles. The summed E-state index contributed by atoms with van der Waals surface area (Å²) in [5, 5.41) is 0.776. The highest BCUT2D eigenvalue weighted by Crippen LogP contribution is 2.17. The van der Waals surface area contributed by atoms with E-state index in [1.54, 1.807) is 4.90 Å². The van der Waals surface area contributed by atoms with E-state index >= 15 is 0 Å². The van der Waals surface area contributed by atoms with Crippen molar-refractivity contribution in [1.82, 2.24) is 0 Å². The molecule has 0 heterocycles. The molecular weight excluding hydrogens is 485 g/mol. The number of likely N-dealkylation sites (N-methyl/N-ethyl adjacent to an activating group) is 1. The van der Waals surface area contributed by atoms with Crippen molar-refractivity contribution >= 4 is 23.3 Å². The number of rotatable bonds is 10. The molecule has 0 bridgehead atoms. The number of nitrogens with two attached hydrogens (primary N) is 1. The lowest BCUT2D eigenvalue weighted by atomic mass is 10.1. The first-order valence-electron chi connectivity index (χ1n) is 9.71. The zero-order valence-corrected chi connectivity index (χ0v) is 19.7. The van der Waals surface area contributed by atoms with Crippen LogP contribution in [-0.2, 0) is 6.42 Å². The van der Waals surface area contributed by atoms with Gasteiger partial charge < -0.3 is 34.2 Å². The SMILES string of the molecule is CC[N+](CC)(CCCN(C(N)=O)c1ccccc1)CCc1ccc(Cl)cc1.[I-]. The van der Waals surface area contributed by atoms with E-state index in [2.05, 4.69) is 26.0 Å². The maximum atomic E-state index is 11.9. The third-order valence-electron chi connectivity index (χ3n) is 5.48. The van der Waals surface area contributed by atoms with Crippen molar-refractivity contribution in [1.29, 1.82) is 0 Å². The number of quaternary nitrogens is 1. The molecule has 2 aromatic rings. The molecule has 4 nitrogen and oxygen atoms in total. The second-order valence-electron chi connectivity index (χ2n) is 6.98. The molecule has 0 radical (unpaired) electrons. The van der Waals surface area contributed by atoms with Gasteiger partial charge in [-0.3, -0.25) is 4.90 Å². The van der Waals surface area contributed by atoms with Crippen molar-refractivity contribution in [2.75, 3.05) is 37.6 Å². The summed E-state index contributed by atoms with van der Waals surface area (Å²) in [6, 6.07) is 17.4. The summed E-state index contributed by atoms with van der Waals surface area (Å²) in [6.45, 7) is 9.38. The standard InChI is InChI=1S/C22H30ClN3O.HI/c1-3-26(4-2,18-15-19-11-13-20(23)14-12-19)17-8-16-25(22(24)27)21-9-6-5-7-10-21;/h5-7,9-14H,3-4,8,15-18H2,1-2H3,(H-,24,27);1H. The Morgan fingerprint density at radius 3 is 2.14 bits per heavy atom. The fraction of sp³-hybridized carbons (Fsp3) is 0.409. The molecule has 0 spiro atoms. The molecule has 154 valence electrons. The maximum absolute atomic E-state index is 11.9. The van der Waals surface area contributed by atoms with Crippen molar-refractivity contribution in [3.05, 3.63) is 65.2 Å². The second-order valence-corrected chi connectivity index (χ2v) is 7.41. The lowest BCUT2D eigenvalue weighted by Gasteiger charge is -2.37. The smallest absolute Gasteiger partial charge is 0.319 e. The molecule has 0 fully saturated rings. The molecule has 0 saturated carbocycles. The van der Waals surface area contributed by atoms with Crippen molar-refractivity contribution in [3.63, 3.8) is 0 Å². The van der Waals surface area contributed by atoms with Crippen LogP contribution >= 0.6 is 11.6 Å². The topological polar surface area (TPSA) is 46.3 Å². The maximum Gasteiger partial charge on any atom is 0.319 e. The molecular formula is C22H31ClIN3O. The number of nitrogens with zero attached hydrogens (tertiary/aromatic N) is 2. The Labute approximate surface area is 191 Å². The van der Waals surface area contributed by atoms with Gasteiger partial charge in [0.2, 0.25) is 0 Å². The van der Waals surface area contributed by atoms with Crippen LogP contribution in [0.1, 0.15) is 25.8 Å². The Kier molecular flexibility index (Phi) is 10.9. The van der Waals surface area contributed by atoms with Crippen molar-refractivity contribution in [2.45, 2.75) is 26.7 Å². The van der Waals surface area contributed by atoms with Gasteiger partial charge in [0.25, 0.3) is 0 Å². The fourth-order valence-electron chi connectivity index (χ4n) is 3.52. The summed E-state index contributed by atoms with van der Waals surface area (Å²) in [5.41, 5.74) is 7.77. The zero-order valence-electron chi connectivity index (χ0n) is 16.8. The number of carbonyl (C=O) groups is 1. The van der Waals surface area contributed by atoms with Crippen LogP contribution in [0, 0.1) is 0 Å². The number of anilines is 1. The van der Waals surface area contributed by atoms with Crippen molar-refractivity contribution in [3.8, 4) is 0 Å². The van der Waals surface area contributed by atoms with Gasteiger partial charge in [-0.1, -0.05) is 41.9 Å². The highest BCUT2D eigenvalue weighted by molar-refractivity contribution is 6.30. The molecule has 2 rings (SSSR count). The predicted molar refractivity (Wildman–Crippen MR) is 114 cm³/mol. The molecule has 6 heteroatoms. The summed E-state index contributed by atoms with van der Waals surface area (Å²) >= 11 is 5.98. The first-order chi connectivity index (χ1) is 13.0. The van der Waals surface area contributed by atoms with Crippen LogP contribution < -0.4 is 34.6 Å². The average molecular weight is 516 g/mol. The third kappa shape index (κ3) is 7.26. The molecule has 0 unspecified atom stereocenters. The quantitative estimate of drug-likeness (QED) is 0.380. The van der Waals surface area contributed by atoms with Gasteiger partial charge in [0.1, 0.15) is 0 Å². The van der Waals surface area contributed by atoms with E-state index < -0.39 is 6.03 Å². The van der Waals surface area contributed by atoms with Crippen LogP contribution in [-0.4, -0.2) is 43.2 Å². The van der Waals surface area contributed by atoms with Gasteiger partial charge in [-0.2, -0.15) is 0 Å². The minimum absolute atomic E-state index is 0. The molecule has 2 N–H and O–H groups in total. The largest absolute Gasteiger partial charge is 1.00 e. The fourth-order valence-corrected chi connectivity index (χ4v) is 3.65. The van der Waals surface area contributed by atoms with Crippen molar-refractivity contribution < 1.29 is 33.3 Å². The van der Waals surface area contributed by atoms with Crippen LogP contribution in [0.3, 0.4) is 0 Å². The number of hydrogen-bond donors (Lipinski definition) is 1. The predicted octanol–water partition coefficient (Wildman–Crippen LogP) is 1.72. The van der Waals surface area contributed by atoms with Crippen molar-refractivity contribution in [2.24, 2.45) is 5.73 Å². The first kappa shape index (κ1) is 24.7. The van der Waals surface area contributed by atoms with E-state index in [1.165, 1.54) is 5.56 Å². The van der Waals surface area contributed by atoms with E-state index in [4.69, 9.17) is 17.3 Å². The molecule has 0 aliphatic rings. The van der Waals surface area contributed by atoms with Gasteiger partial charge in [-0.15, -0.1) is 0 Å². The number of amides is 2. The van der Waals surface area contributed by atoms with E-state index in [0.29, 0.717) is 6.54 Å². The highest BCUT2D eigenvalue weighted by atomic mass is 127. The van der Waals surface area contributed by atoms with E-state index in [-0.39, 0.29) is 24.0 Å². The normalized spacial score (nSPS) is 11.0. The number of benzene rings is 2. The summed E-state index contributed by atoms with van der Waals surface area (Å²) in [6.07, 6.45) is 1.94. The Morgan fingerprint density at radius 1 is 1.00 bits per heavy atom. The van der Waals surface area contributed by atoms with E-state index in [0.717, 1.165) is 54.2 Å². The lowest BCUT2D eigenvalue weighted by Crippen LogP contribution is -3.00. The monoisotopic (exact) mass is 515 g/mol. The van der Waals surface area contributed by atoms with Gasteiger partial charge in [-0.25, -0.2) is 4.79 Å². The molecule has 2 amide bonds. The van der Waals surface area contributed by atoms with Gasteiger partial charge in [0.05, 0.1) is 26.2 Å². The van der Waals surface area contributed by atoms with Gasteiger partial charge >= 0.3 is 6.03 Å². The van der Waals surface area contributed by atoms with E-state index in [9.17, 15) is 4.79 Å². The van der Waals surface area contributed by atoms with Gasteiger partial charge in [0.15, 0.2) is 0 Å². The van der Waals surface area contributed by atoms with Crippen LogP contribution in [0.4, 0.5) is 10.5 Å². The Hall–Kier alpha value is -1.31. The lowest BCUT2D eigenvalue weighted by molar-refractivity contribution is -0.924. The molecule has 0 saturated heterocycles. The Balaban J connectivity index is 0.00000392. The number of carbonyl (C=O) groups excluding carboxylic acids is 1. The number of urea groups is 1. The van der Waals surface area contributed by atoms with Crippen LogP contribution in [0.2, 0.25) is 5.02 Å². The van der Waals surface area contributed by atoms with Crippen LogP contribution in [0.15, 0.2) is 54.6 Å². The molecule has 0 aliphatic heterocycles. The molecule has 0 aliphatic carbocycles. The highest BCUT2D eigenvalue weighted by Gasteiger charge is 2.23. The number of para-hydroxylation sites is 1. The minimum atomic E-state index is -0.395. The average Bonchev–Trinajstić information content (AvgIpc) is 2.69. The third-order valence-corrected chi connectivity index (χ3v) is 5.73. The molecule has 28 heavy (non-hydrogen) atoms. The Morgan fingerprint density at radius 2 is 1.61 bits per heavy atom. The molecule has 2 aromatic carbocycles. The van der Waals surface area contributed by atoms with E-state index in [1.807, 2.05) is 42.5 Å². The summed E-state index contributed by atoms with van der Waals surface area (Å²) in [4.78, 5) is 13.5. The number of halogens is 2. The van der Waals surface area contributed by atoms with Gasteiger partial charge in [0, 0.05) is 30.1 Å². The number of primary amides is 1. The summed E-state index contributed by atoms with van der Waals surface area (Å²) < 4.78 is 1.03. The van der Waals surface area contributed by atoms with Crippen LogP contribution in [0.5, 0.6) is 0 Å². The summed E-state index contributed by atoms with van der Waals surface area (Å²) in [7, 11) is 0. The van der Waals surface area contributed by atoms with Gasteiger partial charge in [-0.05, 0) is 43.7 Å². The number of hydrogen-bond acceptors (Lipinski definition) is 1. The summed E-state index contributed by atoms with van der Waals surface area (Å²) in [5.74, 6) is 0.